The monoisotopic (exact) mass is 240 g/mol. The second-order valence-electron chi connectivity index (χ2n) is 2.27. The third-order valence-electron chi connectivity index (χ3n) is 1.25. The molecule has 78 valence electrons. The Morgan fingerprint density at radius 1 is 1.38 bits per heavy atom. The maximum atomic E-state index is 13.0. The van der Waals surface area contributed by atoms with Crippen molar-refractivity contribution in [3.63, 3.8) is 0 Å². The van der Waals surface area contributed by atoms with Crippen molar-refractivity contribution in [2.24, 2.45) is 0 Å². The molecule has 3 nitrogen and oxygen atoms in total. The summed E-state index contributed by atoms with van der Waals surface area (Å²) in [6.45, 7) is 0. The molecule has 0 aromatic carbocycles. The molecule has 1 unspecified atom stereocenters. The maximum absolute atomic E-state index is 13.0. The summed E-state index contributed by atoms with van der Waals surface area (Å²) in [6, 6.07) is 0. The van der Waals surface area contributed by atoms with E-state index in [1.54, 1.807) is 0 Å². The lowest BCUT2D eigenvalue weighted by Gasteiger charge is -2.28. The van der Waals surface area contributed by atoms with E-state index in [4.69, 9.17) is 33.4 Å². The van der Waals surface area contributed by atoms with Crippen molar-refractivity contribution in [1.29, 1.82) is 0 Å². The molecule has 0 aliphatic carbocycles. The summed E-state index contributed by atoms with van der Waals surface area (Å²) < 4.78 is 37.3. The Hall–Kier alpha value is -0.200. The third-order valence-corrected chi connectivity index (χ3v) is 1.95. The molecule has 0 heterocycles. The van der Waals surface area contributed by atoms with Crippen molar-refractivity contribution in [3.05, 3.63) is 0 Å². The van der Waals surface area contributed by atoms with E-state index in [1.807, 2.05) is 0 Å². The topological polar surface area (TPSA) is 57.5 Å². The Labute approximate surface area is 81.1 Å². The lowest BCUT2D eigenvalue weighted by atomic mass is 10.0. The summed E-state index contributed by atoms with van der Waals surface area (Å²) in [5.41, 5.74) is -3.89. The van der Waals surface area contributed by atoms with Crippen LogP contribution in [0.25, 0.3) is 0 Å². The minimum absolute atomic E-state index is 1.69. The van der Waals surface area contributed by atoms with Crippen LogP contribution in [0.2, 0.25) is 0 Å². The predicted octanol–water partition coefficient (Wildman–Crippen LogP) is 1.56. The van der Waals surface area contributed by atoms with E-state index in [2.05, 4.69) is 0 Å². The fourth-order valence-corrected chi connectivity index (χ4v) is 0.952. The van der Waals surface area contributed by atoms with Gasteiger partial charge >= 0.3 is 12.1 Å². The zero-order valence-electron chi connectivity index (χ0n) is 5.98. The molecule has 0 rings (SSSR count). The van der Waals surface area contributed by atoms with Gasteiger partial charge in [-0.05, 0) is 0 Å². The molecule has 0 fully saturated rings. The molecule has 0 aliphatic heterocycles. The largest absolute Gasteiger partial charge is 0.481 e. The van der Waals surface area contributed by atoms with E-state index in [9.17, 15) is 18.0 Å². The highest BCUT2D eigenvalue weighted by atomic mass is 35.5. The number of carboxylic acid groups (broad SMARTS) is 1. The van der Waals surface area contributed by atoms with E-state index in [0.29, 0.717) is 0 Å². The molecule has 0 saturated carbocycles. The fraction of sp³-hybridized carbons (Fsp3) is 0.800. The van der Waals surface area contributed by atoms with Crippen LogP contribution >= 0.6 is 23.2 Å². The quantitative estimate of drug-likeness (QED) is 0.734. The number of hydrogen-bond acceptors (Lipinski definition) is 2. The van der Waals surface area contributed by atoms with Crippen molar-refractivity contribution in [1.82, 2.24) is 0 Å². The van der Waals surface area contributed by atoms with E-state index in [1.165, 1.54) is 0 Å². The molecule has 0 spiro atoms. The first-order chi connectivity index (χ1) is 5.61. The average molecular weight is 241 g/mol. The molecule has 0 bridgehead atoms. The van der Waals surface area contributed by atoms with Crippen LogP contribution in [0, 0.1) is 0 Å². The van der Waals surface area contributed by atoms with Gasteiger partial charge in [0.1, 0.15) is 0 Å². The van der Waals surface area contributed by atoms with E-state index < -0.39 is 29.0 Å². The minimum atomic E-state index is -4.90. The van der Waals surface area contributed by atoms with Crippen LogP contribution in [0.3, 0.4) is 0 Å². The Kier molecular flexibility index (Phi) is 3.83. The zero-order chi connectivity index (χ0) is 10.9. The van der Waals surface area contributed by atoms with Crippen LogP contribution in [0.5, 0.6) is 0 Å². The van der Waals surface area contributed by atoms with Crippen molar-refractivity contribution in [2.75, 3.05) is 0 Å². The summed E-state index contributed by atoms with van der Waals surface area (Å²) >= 11 is 9.60. The standard InChI is InChI=1S/C5H5Cl2F3O3/c6-3(7)4(8,1-2(11)12)5(9,10)13/h3,13H,1H2,(H,11,12). The molecule has 13 heavy (non-hydrogen) atoms. The Bertz CT molecular complexity index is 206. The number of hydrogen-bond donors (Lipinski definition) is 2. The Balaban J connectivity index is 4.85. The molecule has 1 atom stereocenters. The summed E-state index contributed by atoms with van der Waals surface area (Å²) in [5, 5.41) is 16.1. The normalized spacial score (nSPS) is 17.2. The molecular formula is C5H5Cl2F3O3. The maximum Gasteiger partial charge on any atom is 0.390 e. The Morgan fingerprint density at radius 2 is 1.77 bits per heavy atom. The first-order valence-electron chi connectivity index (χ1n) is 2.90. The molecule has 8 heteroatoms. The average Bonchev–Trinajstić information content (AvgIpc) is 1.82. The number of alkyl halides is 5. The molecule has 0 saturated heterocycles. The van der Waals surface area contributed by atoms with Gasteiger partial charge in [0.2, 0.25) is 5.67 Å². The second-order valence-corrected chi connectivity index (χ2v) is 3.37. The highest BCUT2D eigenvalue weighted by molar-refractivity contribution is 6.45. The SMILES string of the molecule is O=C(O)CC(F)(C(Cl)Cl)C(O)(F)F. The zero-order valence-corrected chi connectivity index (χ0v) is 7.49. The van der Waals surface area contributed by atoms with Crippen LogP contribution < -0.4 is 0 Å². The highest BCUT2D eigenvalue weighted by Crippen LogP contribution is 2.40. The second kappa shape index (κ2) is 3.89. The van der Waals surface area contributed by atoms with Crippen molar-refractivity contribution < 1.29 is 28.2 Å². The molecule has 0 aromatic rings. The molecular weight excluding hydrogens is 236 g/mol. The molecule has 0 amide bonds. The minimum Gasteiger partial charge on any atom is -0.481 e. The summed E-state index contributed by atoms with van der Waals surface area (Å²) in [5.74, 6) is -1.89. The van der Waals surface area contributed by atoms with Gasteiger partial charge < -0.3 is 10.2 Å². The van der Waals surface area contributed by atoms with Crippen LogP contribution in [0.4, 0.5) is 13.2 Å². The van der Waals surface area contributed by atoms with Gasteiger partial charge in [-0.15, -0.1) is 23.2 Å². The summed E-state index contributed by atoms with van der Waals surface area (Å²) in [7, 11) is 0. The number of carbonyl (C=O) groups is 1. The molecule has 2 N–H and O–H groups in total. The van der Waals surface area contributed by atoms with E-state index in [0.717, 1.165) is 0 Å². The van der Waals surface area contributed by atoms with Gasteiger partial charge in [0, 0.05) is 0 Å². The third kappa shape index (κ3) is 2.89. The first kappa shape index (κ1) is 12.8. The van der Waals surface area contributed by atoms with Gasteiger partial charge in [-0.2, -0.15) is 8.78 Å². The smallest absolute Gasteiger partial charge is 0.390 e. The number of aliphatic hydroxyl groups is 1. The van der Waals surface area contributed by atoms with Crippen LogP contribution in [-0.4, -0.2) is 32.8 Å². The molecule has 0 aromatic heterocycles. The number of rotatable bonds is 4. The summed E-state index contributed by atoms with van der Waals surface area (Å²) in [4.78, 5) is 7.62. The van der Waals surface area contributed by atoms with Gasteiger partial charge in [-0.1, -0.05) is 0 Å². The van der Waals surface area contributed by atoms with E-state index >= 15 is 0 Å². The van der Waals surface area contributed by atoms with Crippen LogP contribution in [0.15, 0.2) is 0 Å². The summed E-state index contributed by atoms with van der Waals surface area (Å²) in [6.07, 6.45) is -6.59. The van der Waals surface area contributed by atoms with Gasteiger partial charge in [-0.25, -0.2) is 4.39 Å². The van der Waals surface area contributed by atoms with Gasteiger partial charge in [0.15, 0.2) is 4.84 Å². The van der Waals surface area contributed by atoms with Crippen molar-refractivity contribution >= 4 is 29.2 Å². The van der Waals surface area contributed by atoms with Gasteiger partial charge in [0.05, 0.1) is 6.42 Å². The fourth-order valence-electron chi connectivity index (χ4n) is 0.535. The number of halogens is 5. The number of aliphatic carboxylic acids is 1. The number of carboxylic acids is 1. The van der Waals surface area contributed by atoms with Crippen molar-refractivity contribution in [2.45, 2.75) is 23.0 Å². The Morgan fingerprint density at radius 3 is 1.85 bits per heavy atom. The molecule has 0 radical (unpaired) electrons. The van der Waals surface area contributed by atoms with Crippen LogP contribution in [-0.2, 0) is 4.79 Å². The van der Waals surface area contributed by atoms with Crippen molar-refractivity contribution in [3.8, 4) is 0 Å². The highest BCUT2D eigenvalue weighted by Gasteiger charge is 2.59. The van der Waals surface area contributed by atoms with Gasteiger partial charge in [0.25, 0.3) is 0 Å². The molecule has 0 aliphatic rings. The lowest BCUT2D eigenvalue weighted by Crippen LogP contribution is -2.50. The lowest BCUT2D eigenvalue weighted by molar-refractivity contribution is -0.279. The van der Waals surface area contributed by atoms with Gasteiger partial charge in [-0.3, -0.25) is 4.79 Å². The first-order valence-corrected chi connectivity index (χ1v) is 3.77. The van der Waals surface area contributed by atoms with E-state index in [-0.39, 0.29) is 0 Å². The van der Waals surface area contributed by atoms with Crippen LogP contribution in [0.1, 0.15) is 6.42 Å². The predicted molar refractivity (Wildman–Crippen MR) is 38.8 cm³/mol.